The molecule has 1 saturated heterocycles. The molecular weight excluding hydrogens is 204 g/mol. The molecule has 0 saturated carbocycles. The van der Waals surface area contributed by atoms with Gasteiger partial charge in [0.15, 0.2) is 5.82 Å². The number of aromatic nitrogens is 2. The van der Waals surface area contributed by atoms with Crippen LogP contribution < -0.4 is 4.90 Å². The molecule has 2 heterocycles. The minimum Gasteiger partial charge on any atom is -0.395 e. The van der Waals surface area contributed by atoms with Crippen molar-refractivity contribution < 1.29 is 5.11 Å². The van der Waals surface area contributed by atoms with Crippen LogP contribution in [0.3, 0.4) is 0 Å². The molecule has 88 valence electrons. The lowest BCUT2D eigenvalue weighted by molar-refractivity contribution is 0.204. The topological polar surface area (TPSA) is 52.5 Å². The predicted octanol–water partition coefficient (Wildman–Crippen LogP) is -0.0190. The summed E-state index contributed by atoms with van der Waals surface area (Å²) in [6.07, 6.45) is 2.80. The second-order valence-electron chi connectivity index (χ2n) is 3.99. The van der Waals surface area contributed by atoms with E-state index >= 15 is 0 Å². The Hall–Kier alpha value is -1.20. The first-order valence-electron chi connectivity index (χ1n) is 5.76. The number of hydrogen-bond donors (Lipinski definition) is 1. The van der Waals surface area contributed by atoms with Crippen LogP contribution in [0.5, 0.6) is 0 Å². The zero-order chi connectivity index (χ0) is 11.2. The Balaban J connectivity index is 1.94. The van der Waals surface area contributed by atoms with E-state index in [1.54, 1.807) is 6.20 Å². The van der Waals surface area contributed by atoms with Crippen molar-refractivity contribution in [1.82, 2.24) is 15.1 Å². The molecule has 0 amide bonds. The first-order valence-corrected chi connectivity index (χ1v) is 5.76. The molecule has 1 aromatic rings. The van der Waals surface area contributed by atoms with Gasteiger partial charge in [-0.1, -0.05) is 0 Å². The van der Waals surface area contributed by atoms with Gasteiger partial charge in [-0.05, 0) is 25.1 Å². The van der Waals surface area contributed by atoms with Crippen molar-refractivity contribution in [3.63, 3.8) is 0 Å². The van der Waals surface area contributed by atoms with Crippen molar-refractivity contribution in [2.75, 3.05) is 44.2 Å². The molecule has 1 N–H and O–H groups in total. The highest BCUT2D eigenvalue weighted by Gasteiger charge is 2.15. The molecule has 2 rings (SSSR count). The number of anilines is 1. The van der Waals surface area contributed by atoms with Crippen LogP contribution in [0.25, 0.3) is 0 Å². The van der Waals surface area contributed by atoms with E-state index in [4.69, 9.17) is 5.11 Å². The van der Waals surface area contributed by atoms with Gasteiger partial charge in [-0.3, -0.25) is 4.90 Å². The number of aliphatic hydroxyl groups excluding tert-OH is 1. The molecule has 0 aliphatic carbocycles. The minimum absolute atomic E-state index is 0.241. The van der Waals surface area contributed by atoms with Gasteiger partial charge < -0.3 is 10.0 Å². The van der Waals surface area contributed by atoms with Gasteiger partial charge in [0.2, 0.25) is 0 Å². The van der Waals surface area contributed by atoms with E-state index in [9.17, 15) is 0 Å². The van der Waals surface area contributed by atoms with Gasteiger partial charge in [0.05, 0.1) is 6.61 Å². The van der Waals surface area contributed by atoms with Crippen molar-refractivity contribution in [3.8, 4) is 0 Å². The molecular formula is C11H18N4O. The molecule has 1 aromatic heterocycles. The van der Waals surface area contributed by atoms with Crippen LogP contribution in [0.4, 0.5) is 5.82 Å². The summed E-state index contributed by atoms with van der Waals surface area (Å²) in [5.41, 5.74) is 0. The Morgan fingerprint density at radius 2 is 2.19 bits per heavy atom. The fourth-order valence-corrected chi connectivity index (χ4v) is 2.03. The average Bonchev–Trinajstić information content (AvgIpc) is 2.57. The summed E-state index contributed by atoms with van der Waals surface area (Å²) < 4.78 is 0. The number of nitrogens with zero attached hydrogens (tertiary/aromatic N) is 4. The number of aliphatic hydroxyl groups is 1. The van der Waals surface area contributed by atoms with E-state index in [2.05, 4.69) is 20.0 Å². The normalized spacial score (nSPS) is 18.4. The average molecular weight is 222 g/mol. The Bertz CT molecular complexity index is 306. The maximum atomic E-state index is 8.92. The first-order chi connectivity index (χ1) is 7.90. The molecule has 0 spiro atoms. The van der Waals surface area contributed by atoms with Crippen molar-refractivity contribution in [3.05, 3.63) is 18.3 Å². The summed E-state index contributed by atoms with van der Waals surface area (Å²) in [7, 11) is 0. The molecule has 0 bridgehead atoms. The predicted molar refractivity (Wildman–Crippen MR) is 62.4 cm³/mol. The highest BCUT2D eigenvalue weighted by Crippen LogP contribution is 2.11. The van der Waals surface area contributed by atoms with E-state index in [0.717, 1.165) is 45.0 Å². The van der Waals surface area contributed by atoms with Crippen molar-refractivity contribution >= 4 is 5.82 Å². The van der Waals surface area contributed by atoms with Crippen LogP contribution in [-0.2, 0) is 0 Å². The third-order valence-electron chi connectivity index (χ3n) is 2.89. The summed E-state index contributed by atoms with van der Waals surface area (Å²) in [6.45, 7) is 5.02. The molecule has 1 aliphatic heterocycles. The van der Waals surface area contributed by atoms with Crippen molar-refractivity contribution in [2.45, 2.75) is 6.42 Å². The second kappa shape index (κ2) is 5.77. The lowest BCUT2D eigenvalue weighted by Gasteiger charge is -2.21. The van der Waals surface area contributed by atoms with Gasteiger partial charge in [0.25, 0.3) is 0 Å². The van der Waals surface area contributed by atoms with E-state index in [1.165, 1.54) is 0 Å². The number of hydrogen-bond acceptors (Lipinski definition) is 5. The standard InChI is InChI=1S/C11H18N4O/c16-10-9-14-5-2-6-15(8-7-14)11-3-1-4-12-13-11/h1,3-4,16H,2,5-10H2. The molecule has 0 radical (unpaired) electrons. The maximum Gasteiger partial charge on any atom is 0.151 e. The fraction of sp³-hybridized carbons (Fsp3) is 0.636. The van der Waals surface area contributed by atoms with Crippen molar-refractivity contribution in [1.29, 1.82) is 0 Å². The lowest BCUT2D eigenvalue weighted by atomic mass is 10.3. The Labute approximate surface area is 95.7 Å². The highest BCUT2D eigenvalue weighted by atomic mass is 16.3. The zero-order valence-corrected chi connectivity index (χ0v) is 9.42. The molecule has 1 aliphatic rings. The molecule has 5 nitrogen and oxygen atoms in total. The Morgan fingerprint density at radius 1 is 1.25 bits per heavy atom. The van der Waals surface area contributed by atoms with E-state index < -0.39 is 0 Å². The van der Waals surface area contributed by atoms with Gasteiger partial charge in [-0.15, -0.1) is 5.10 Å². The van der Waals surface area contributed by atoms with E-state index in [0.29, 0.717) is 0 Å². The van der Waals surface area contributed by atoms with E-state index in [-0.39, 0.29) is 6.61 Å². The molecule has 0 unspecified atom stereocenters. The van der Waals surface area contributed by atoms with Gasteiger partial charge in [0, 0.05) is 32.4 Å². The van der Waals surface area contributed by atoms with Crippen LogP contribution in [-0.4, -0.2) is 59.5 Å². The SMILES string of the molecule is OCCN1CCCN(c2cccnn2)CC1. The quantitative estimate of drug-likeness (QED) is 0.779. The van der Waals surface area contributed by atoms with Crippen LogP contribution >= 0.6 is 0 Å². The van der Waals surface area contributed by atoms with E-state index in [1.807, 2.05) is 12.1 Å². The van der Waals surface area contributed by atoms with Gasteiger partial charge in [-0.25, -0.2) is 0 Å². The largest absolute Gasteiger partial charge is 0.395 e. The zero-order valence-electron chi connectivity index (χ0n) is 9.42. The van der Waals surface area contributed by atoms with Crippen LogP contribution in [0, 0.1) is 0 Å². The summed E-state index contributed by atoms with van der Waals surface area (Å²) in [5, 5.41) is 16.9. The first kappa shape index (κ1) is 11.3. The van der Waals surface area contributed by atoms with Gasteiger partial charge in [0.1, 0.15) is 0 Å². The third-order valence-corrected chi connectivity index (χ3v) is 2.89. The van der Waals surface area contributed by atoms with Crippen LogP contribution in [0.2, 0.25) is 0 Å². The fourth-order valence-electron chi connectivity index (χ4n) is 2.03. The minimum atomic E-state index is 0.241. The highest BCUT2D eigenvalue weighted by molar-refractivity contribution is 5.36. The summed E-state index contributed by atoms with van der Waals surface area (Å²) in [5.74, 6) is 0.952. The van der Waals surface area contributed by atoms with Gasteiger partial charge >= 0.3 is 0 Å². The molecule has 1 fully saturated rings. The second-order valence-corrected chi connectivity index (χ2v) is 3.99. The van der Waals surface area contributed by atoms with Crippen LogP contribution in [0.1, 0.15) is 6.42 Å². The summed E-state index contributed by atoms with van der Waals surface area (Å²) in [4.78, 5) is 4.54. The Morgan fingerprint density at radius 3 is 2.94 bits per heavy atom. The molecule has 5 heteroatoms. The number of β-amino-alcohol motifs (C(OH)–C–C–N with tert-alkyl or cyclic N) is 1. The lowest BCUT2D eigenvalue weighted by Crippen LogP contribution is -2.32. The maximum absolute atomic E-state index is 8.92. The molecule has 16 heavy (non-hydrogen) atoms. The Kier molecular flexibility index (Phi) is 4.07. The molecule has 0 aromatic carbocycles. The van der Waals surface area contributed by atoms with Gasteiger partial charge in [-0.2, -0.15) is 5.10 Å². The third kappa shape index (κ3) is 2.90. The van der Waals surface area contributed by atoms with Crippen molar-refractivity contribution in [2.24, 2.45) is 0 Å². The molecule has 0 atom stereocenters. The summed E-state index contributed by atoms with van der Waals surface area (Å²) >= 11 is 0. The van der Waals surface area contributed by atoms with Crippen LogP contribution in [0.15, 0.2) is 18.3 Å². The monoisotopic (exact) mass is 222 g/mol. The number of rotatable bonds is 3. The summed E-state index contributed by atoms with van der Waals surface area (Å²) in [6, 6.07) is 3.91. The smallest absolute Gasteiger partial charge is 0.151 e.